The fourth-order valence-corrected chi connectivity index (χ4v) is 3.75. The van der Waals surface area contributed by atoms with Crippen molar-refractivity contribution in [3.8, 4) is 0 Å². The molecule has 1 atom stereocenters. The molecule has 1 aliphatic carbocycles. The molecule has 0 aromatic carbocycles. The van der Waals surface area contributed by atoms with Crippen molar-refractivity contribution in [2.45, 2.75) is 32.2 Å². The van der Waals surface area contributed by atoms with Crippen molar-refractivity contribution in [3.05, 3.63) is 51.8 Å². The smallest absolute Gasteiger partial charge is 0.289 e. The molecular weight excluding hydrogens is 348 g/mol. The molecule has 0 unspecified atom stereocenters. The second-order valence-electron chi connectivity index (χ2n) is 7.02. The predicted octanol–water partition coefficient (Wildman–Crippen LogP) is 0.871. The number of carbonyl (C=O) groups excluding carboxylic acids is 2. The summed E-state index contributed by atoms with van der Waals surface area (Å²) in [6.45, 7) is 3.43. The molecule has 1 fully saturated rings. The van der Waals surface area contributed by atoms with Gasteiger partial charge in [-0.15, -0.1) is 0 Å². The molecule has 0 saturated carbocycles. The van der Waals surface area contributed by atoms with Crippen LogP contribution in [0.5, 0.6) is 0 Å². The molecular formula is C19H22N4O4. The summed E-state index contributed by atoms with van der Waals surface area (Å²) in [6, 6.07) is 4.26. The molecule has 2 aromatic rings. The third-order valence-electron chi connectivity index (χ3n) is 5.32. The summed E-state index contributed by atoms with van der Waals surface area (Å²) in [7, 11) is 0. The van der Waals surface area contributed by atoms with Crippen LogP contribution in [-0.2, 0) is 17.6 Å². The van der Waals surface area contributed by atoms with Gasteiger partial charge in [-0.25, -0.2) is 4.68 Å². The number of amides is 2. The van der Waals surface area contributed by atoms with E-state index >= 15 is 0 Å². The molecule has 0 spiro atoms. The average Bonchev–Trinajstić information content (AvgIpc) is 3.37. The zero-order valence-electron chi connectivity index (χ0n) is 15.3. The van der Waals surface area contributed by atoms with Crippen LogP contribution in [0, 0.1) is 0 Å². The number of rotatable bonds is 3. The normalized spacial score (nSPS) is 17.7. The number of hydrogen-bond donors (Lipinski definition) is 0. The minimum atomic E-state index is -0.657. The van der Waals surface area contributed by atoms with E-state index in [1.54, 1.807) is 34.9 Å². The number of furan rings is 1. The number of piperazine rings is 1. The van der Waals surface area contributed by atoms with Crippen LogP contribution in [0.1, 0.15) is 41.2 Å². The van der Waals surface area contributed by atoms with Gasteiger partial charge >= 0.3 is 0 Å². The quantitative estimate of drug-likeness (QED) is 0.800. The number of fused-ring (bicyclic) bond motifs is 1. The van der Waals surface area contributed by atoms with Gasteiger partial charge in [0, 0.05) is 32.2 Å². The number of carbonyl (C=O) groups is 2. The fraction of sp³-hybridized carbons (Fsp3) is 0.474. The van der Waals surface area contributed by atoms with Crippen molar-refractivity contribution in [2.24, 2.45) is 0 Å². The van der Waals surface area contributed by atoms with E-state index in [1.165, 1.54) is 10.9 Å². The van der Waals surface area contributed by atoms with Crippen molar-refractivity contribution in [2.75, 3.05) is 26.2 Å². The monoisotopic (exact) mass is 370 g/mol. The second-order valence-corrected chi connectivity index (χ2v) is 7.02. The molecule has 1 aliphatic heterocycles. The van der Waals surface area contributed by atoms with Gasteiger partial charge in [0.05, 0.1) is 12.0 Å². The number of aromatic nitrogens is 2. The van der Waals surface area contributed by atoms with Crippen molar-refractivity contribution in [3.63, 3.8) is 0 Å². The van der Waals surface area contributed by atoms with E-state index in [2.05, 4.69) is 5.10 Å². The Labute approximate surface area is 156 Å². The Morgan fingerprint density at radius 1 is 1.15 bits per heavy atom. The Kier molecular flexibility index (Phi) is 4.55. The molecule has 0 bridgehead atoms. The van der Waals surface area contributed by atoms with Crippen LogP contribution in [0.4, 0.5) is 0 Å². The number of hydrogen-bond acceptors (Lipinski definition) is 5. The summed E-state index contributed by atoms with van der Waals surface area (Å²) < 4.78 is 6.45. The average molecular weight is 370 g/mol. The van der Waals surface area contributed by atoms with Gasteiger partial charge in [-0.1, -0.05) is 0 Å². The first-order valence-corrected chi connectivity index (χ1v) is 9.28. The maximum Gasteiger partial charge on any atom is 0.289 e. The standard InChI is InChI=1S/C19H22N4O4/c1-13(23-17(24)12-14-4-2-5-15(14)20-23)18(25)21-7-9-22(10-8-21)19(26)16-6-3-11-27-16/h3,6,11-13H,2,4-5,7-10H2,1H3/t13-/m0/s1. The number of aryl methyl sites for hydroxylation is 2. The van der Waals surface area contributed by atoms with Gasteiger partial charge in [-0.3, -0.25) is 14.4 Å². The summed E-state index contributed by atoms with van der Waals surface area (Å²) in [6.07, 6.45) is 4.20. The van der Waals surface area contributed by atoms with Crippen molar-refractivity contribution in [1.82, 2.24) is 19.6 Å². The summed E-state index contributed by atoms with van der Waals surface area (Å²) >= 11 is 0. The van der Waals surface area contributed by atoms with Crippen molar-refractivity contribution in [1.29, 1.82) is 0 Å². The van der Waals surface area contributed by atoms with Gasteiger partial charge in [0.25, 0.3) is 11.5 Å². The van der Waals surface area contributed by atoms with E-state index in [-0.39, 0.29) is 17.4 Å². The Balaban J connectivity index is 1.42. The maximum atomic E-state index is 12.9. The highest BCUT2D eigenvalue weighted by Crippen LogP contribution is 2.19. The minimum absolute atomic E-state index is 0.146. The lowest BCUT2D eigenvalue weighted by Crippen LogP contribution is -2.52. The minimum Gasteiger partial charge on any atom is -0.459 e. The van der Waals surface area contributed by atoms with Crippen LogP contribution in [0.25, 0.3) is 0 Å². The largest absolute Gasteiger partial charge is 0.459 e. The van der Waals surface area contributed by atoms with Gasteiger partial charge in [-0.05, 0) is 43.9 Å². The van der Waals surface area contributed by atoms with Gasteiger partial charge in [0.2, 0.25) is 5.91 Å². The number of nitrogens with zero attached hydrogens (tertiary/aromatic N) is 4. The van der Waals surface area contributed by atoms with Gasteiger partial charge in [0.1, 0.15) is 6.04 Å². The fourth-order valence-electron chi connectivity index (χ4n) is 3.75. The Morgan fingerprint density at radius 3 is 2.59 bits per heavy atom. The molecule has 142 valence electrons. The van der Waals surface area contributed by atoms with Gasteiger partial charge in [0.15, 0.2) is 5.76 Å². The second kappa shape index (κ2) is 7.02. The molecule has 3 heterocycles. The van der Waals surface area contributed by atoms with Crippen LogP contribution in [0.2, 0.25) is 0 Å². The lowest BCUT2D eigenvalue weighted by atomic mass is 10.2. The SMILES string of the molecule is C[C@@H](C(=O)N1CCN(C(=O)c2ccco2)CC1)n1nc2c(cc1=O)CCC2. The molecule has 4 rings (SSSR count). The first-order valence-electron chi connectivity index (χ1n) is 9.28. The highest BCUT2D eigenvalue weighted by Gasteiger charge is 2.30. The molecule has 2 aliphatic rings. The van der Waals surface area contributed by atoms with Gasteiger partial charge in [-0.2, -0.15) is 5.10 Å². The summed E-state index contributed by atoms with van der Waals surface area (Å²) in [5.74, 6) is -0.0126. The summed E-state index contributed by atoms with van der Waals surface area (Å²) in [5, 5.41) is 4.43. The van der Waals surface area contributed by atoms with Crippen LogP contribution >= 0.6 is 0 Å². The highest BCUT2D eigenvalue weighted by molar-refractivity contribution is 5.91. The molecule has 0 N–H and O–H groups in total. The Bertz CT molecular complexity index is 910. The van der Waals surface area contributed by atoms with Crippen LogP contribution < -0.4 is 5.56 Å². The lowest BCUT2D eigenvalue weighted by Gasteiger charge is -2.35. The van der Waals surface area contributed by atoms with Crippen LogP contribution in [-0.4, -0.2) is 57.6 Å². The molecule has 27 heavy (non-hydrogen) atoms. The topological polar surface area (TPSA) is 88.7 Å². The molecule has 1 saturated heterocycles. The maximum absolute atomic E-state index is 12.9. The van der Waals surface area contributed by atoms with Gasteiger partial charge < -0.3 is 14.2 Å². The molecule has 2 amide bonds. The van der Waals surface area contributed by atoms with E-state index in [1.807, 2.05) is 0 Å². The van der Waals surface area contributed by atoms with E-state index in [0.29, 0.717) is 31.9 Å². The molecule has 2 aromatic heterocycles. The van der Waals surface area contributed by atoms with E-state index in [0.717, 1.165) is 30.5 Å². The van der Waals surface area contributed by atoms with Crippen molar-refractivity contribution >= 4 is 11.8 Å². The summed E-state index contributed by atoms with van der Waals surface area (Å²) in [5.41, 5.74) is 1.69. The van der Waals surface area contributed by atoms with Crippen LogP contribution in [0.3, 0.4) is 0 Å². The van der Waals surface area contributed by atoms with E-state index in [4.69, 9.17) is 4.42 Å². The third-order valence-corrected chi connectivity index (χ3v) is 5.32. The Morgan fingerprint density at radius 2 is 1.89 bits per heavy atom. The zero-order chi connectivity index (χ0) is 19.0. The summed E-state index contributed by atoms with van der Waals surface area (Å²) in [4.78, 5) is 40.9. The first-order chi connectivity index (χ1) is 13.0. The molecule has 8 nitrogen and oxygen atoms in total. The third kappa shape index (κ3) is 3.27. The molecule has 0 radical (unpaired) electrons. The van der Waals surface area contributed by atoms with Crippen molar-refractivity contribution < 1.29 is 14.0 Å². The van der Waals surface area contributed by atoms with Crippen LogP contribution in [0.15, 0.2) is 33.7 Å². The first kappa shape index (κ1) is 17.5. The predicted molar refractivity (Wildman–Crippen MR) is 96.4 cm³/mol. The van der Waals surface area contributed by atoms with E-state index in [9.17, 15) is 14.4 Å². The lowest BCUT2D eigenvalue weighted by molar-refractivity contribution is -0.136. The van der Waals surface area contributed by atoms with E-state index < -0.39 is 6.04 Å². The molecule has 8 heteroatoms. The highest BCUT2D eigenvalue weighted by atomic mass is 16.3. The zero-order valence-corrected chi connectivity index (χ0v) is 15.3. The Hall–Kier alpha value is -2.90.